The van der Waals surface area contributed by atoms with E-state index < -0.39 is 6.10 Å². The van der Waals surface area contributed by atoms with Crippen LogP contribution in [0, 0.1) is 22.7 Å². The van der Waals surface area contributed by atoms with Gasteiger partial charge in [-0.25, -0.2) is 0 Å². The zero-order chi connectivity index (χ0) is 32.0. The highest BCUT2D eigenvalue weighted by Gasteiger charge is 2.58. The van der Waals surface area contributed by atoms with Crippen molar-refractivity contribution < 1.29 is 14.6 Å². The molecule has 0 bridgehead atoms. The molecule has 6 unspecified atom stereocenters. The lowest BCUT2D eigenvalue weighted by Gasteiger charge is -2.58. The van der Waals surface area contributed by atoms with Gasteiger partial charge in [0, 0.05) is 5.92 Å². The van der Waals surface area contributed by atoms with Gasteiger partial charge in [0.1, 0.15) is 23.7 Å². The van der Waals surface area contributed by atoms with E-state index in [9.17, 15) is 5.11 Å². The van der Waals surface area contributed by atoms with Crippen LogP contribution in [0.25, 0.3) is 6.08 Å². The molecule has 3 nitrogen and oxygen atoms in total. The summed E-state index contributed by atoms with van der Waals surface area (Å²) >= 11 is 0. The van der Waals surface area contributed by atoms with Crippen LogP contribution in [0.15, 0.2) is 30.3 Å². The molecule has 0 aliphatic heterocycles. The largest absolute Gasteiger partial charge is 0.496 e. The van der Waals surface area contributed by atoms with Crippen LogP contribution in [-0.4, -0.2) is 18.3 Å². The molecule has 0 spiro atoms. The van der Waals surface area contributed by atoms with Crippen LogP contribution in [-0.2, 0) is 10.8 Å². The van der Waals surface area contributed by atoms with Crippen molar-refractivity contribution in [3.8, 4) is 11.5 Å². The zero-order valence-corrected chi connectivity index (χ0v) is 29.4. The summed E-state index contributed by atoms with van der Waals surface area (Å²) in [5.41, 5.74) is 7.71. The number of allylic oxidation sites excluding steroid dienone is 1. The van der Waals surface area contributed by atoms with Crippen molar-refractivity contribution in [2.75, 3.05) is 7.11 Å². The molecule has 3 heteroatoms. The number of fused-ring (bicyclic) bond motifs is 6. The summed E-state index contributed by atoms with van der Waals surface area (Å²) < 4.78 is 13.3. The van der Waals surface area contributed by atoms with E-state index in [0.29, 0.717) is 17.8 Å². The Labute approximate surface area is 267 Å². The Morgan fingerprint density at radius 2 is 1.32 bits per heavy atom. The second kappa shape index (κ2) is 10.6. The Morgan fingerprint density at radius 3 is 1.95 bits per heavy atom. The molecule has 6 atom stereocenters. The third-order valence-electron chi connectivity index (χ3n) is 12.8. The molecular formula is C41H58O3. The van der Waals surface area contributed by atoms with Gasteiger partial charge >= 0.3 is 0 Å². The van der Waals surface area contributed by atoms with E-state index in [0.717, 1.165) is 35.5 Å². The van der Waals surface area contributed by atoms with E-state index in [-0.39, 0.29) is 33.7 Å². The van der Waals surface area contributed by atoms with Crippen LogP contribution < -0.4 is 9.47 Å². The Morgan fingerprint density at radius 1 is 0.727 bits per heavy atom. The number of methoxy groups -OCH3 is 1. The van der Waals surface area contributed by atoms with Crippen LogP contribution in [0.1, 0.15) is 159 Å². The third kappa shape index (κ3) is 4.69. The summed E-state index contributed by atoms with van der Waals surface area (Å²) in [6, 6.07) is 9.31. The second-order valence-corrected chi connectivity index (χ2v) is 17.3. The summed E-state index contributed by atoms with van der Waals surface area (Å²) in [6.45, 7) is 23.6. The van der Waals surface area contributed by atoms with E-state index in [2.05, 4.69) is 106 Å². The number of benzene rings is 2. The molecule has 0 amide bonds. The van der Waals surface area contributed by atoms with Gasteiger partial charge < -0.3 is 14.6 Å². The number of rotatable bonds is 5. The minimum Gasteiger partial charge on any atom is -0.496 e. The average molecular weight is 599 g/mol. The van der Waals surface area contributed by atoms with E-state index >= 15 is 0 Å². The number of aliphatic hydroxyl groups is 1. The topological polar surface area (TPSA) is 38.7 Å². The predicted octanol–water partition coefficient (Wildman–Crippen LogP) is 10.6. The summed E-state index contributed by atoms with van der Waals surface area (Å²) in [5, 5.41) is 12.4. The Bertz CT molecular complexity index is 1460. The smallest absolute Gasteiger partial charge is 0.133 e. The van der Waals surface area contributed by atoms with Gasteiger partial charge in [-0.15, -0.1) is 0 Å². The average Bonchev–Trinajstić information content (AvgIpc) is 2.93. The maximum atomic E-state index is 12.4. The van der Waals surface area contributed by atoms with E-state index in [1.807, 2.05) is 0 Å². The predicted molar refractivity (Wildman–Crippen MR) is 183 cm³/mol. The second-order valence-electron chi connectivity index (χ2n) is 17.3. The molecule has 6 rings (SSSR count). The lowest BCUT2D eigenvalue weighted by Crippen LogP contribution is -2.57. The molecule has 1 N–H and O–H groups in total. The van der Waals surface area contributed by atoms with E-state index in [1.165, 1.54) is 47.9 Å². The van der Waals surface area contributed by atoms with Gasteiger partial charge in [-0.1, -0.05) is 94.2 Å². The first-order valence-electron chi connectivity index (χ1n) is 17.5. The quantitative estimate of drug-likeness (QED) is 0.372. The summed E-state index contributed by atoms with van der Waals surface area (Å²) in [7, 11) is 1.78. The highest BCUT2D eigenvalue weighted by Crippen LogP contribution is 2.62. The van der Waals surface area contributed by atoms with Gasteiger partial charge in [0.05, 0.1) is 7.11 Å². The first-order chi connectivity index (χ1) is 20.5. The van der Waals surface area contributed by atoms with Crippen molar-refractivity contribution in [3.05, 3.63) is 63.7 Å². The maximum Gasteiger partial charge on any atom is 0.133 e. The molecule has 0 heterocycles. The monoisotopic (exact) mass is 598 g/mol. The Balaban J connectivity index is 1.52. The van der Waals surface area contributed by atoms with Gasteiger partial charge in [0.25, 0.3) is 0 Å². The molecule has 2 aromatic rings. The lowest BCUT2D eigenvalue weighted by atomic mass is 9.49. The minimum atomic E-state index is -0.711. The highest BCUT2D eigenvalue weighted by atomic mass is 16.5. The van der Waals surface area contributed by atoms with Crippen LogP contribution in [0.3, 0.4) is 0 Å². The first-order valence-corrected chi connectivity index (χ1v) is 17.5. The molecule has 44 heavy (non-hydrogen) atoms. The van der Waals surface area contributed by atoms with Crippen LogP contribution >= 0.6 is 0 Å². The van der Waals surface area contributed by atoms with E-state index in [1.54, 1.807) is 7.11 Å². The molecule has 4 aliphatic carbocycles. The van der Waals surface area contributed by atoms with Gasteiger partial charge in [-0.2, -0.15) is 0 Å². The fraction of sp³-hybridized carbons (Fsp3) is 0.659. The zero-order valence-electron chi connectivity index (χ0n) is 29.4. The Hall–Kier alpha value is -2.26. The van der Waals surface area contributed by atoms with Gasteiger partial charge in [0.2, 0.25) is 0 Å². The van der Waals surface area contributed by atoms with Crippen molar-refractivity contribution in [2.24, 2.45) is 22.7 Å². The van der Waals surface area contributed by atoms with Crippen LogP contribution in [0.5, 0.6) is 11.5 Å². The summed E-state index contributed by atoms with van der Waals surface area (Å²) in [6.07, 6.45) is 11.0. The summed E-state index contributed by atoms with van der Waals surface area (Å²) in [5.74, 6) is 3.19. The van der Waals surface area contributed by atoms with Crippen molar-refractivity contribution in [3.63, 3.8) is 0 Å². The molecule has 0 aromatic heterocycles. The SMILES string of the molecule is COc1cc2c(cc1C(C)C)C(O)C(Oc1cc3c(cc1C(C)C)C=CC1C(C)(C)CCCC31C)C1C(C)(C)CCCC21C. The fourth-order valence-electron chi connectivity index (χ4n) is 10.7. The normalized spacial score (nSPS) is 33.3. The fourth-order valence-corrected chi connectivity index (χ4v) is 10.7. The van der Waals surface area contributed by atoms with Crippen LogP contribution in [0.2, 0.25) is 0 Å². The van der Waals surface area contributed by atoms with Crippen LogP contribution in [0.4, 0.5) is 0 Å². The number of aliphatic hydroxyl groups excluding tert-OH is 1. The molecule has 2 aromatic carbocycles. The number of ether oxygens (including phenoxy) is 2. The molecule has 2 fully saturated rings. The maximum absolute atomic E-state index is 12.4. The third-order valence-corrected chi connectivity index (χ3v) is 12.8. The van der Waals surface area contributed by atoms with Crippen molar-refractivity contribution >= 4 is 6.08 Å². The lowest BCUT2D eigenvalue weighted by molar-refractivity contribution is -0.101. The first kappa shape index (κ1) is 31.7. The van der Waals surface area contributed by atoms with Gasteiger partial charge in [-0.3, -0.25) is 0 Å². The standard InChI is InChI=1S/C41H58O3/c1-24(2)27-20-26-14-15-34-38(5,6)16-12-18-40(34,9)30(26)22-33(27)44-36-35(42)29-21-28(25(3)4)32(43-11)23-31(29)41(10)19-13-17-39(7,8)37(36)41/h14-15,20-25,34-37,42H,12-13,16-19H2,1-11H3. The highest BCUT2D eigenvalue weighted by molar-refractivity contribution is 5.65. The molecule has 240 valence electrons. The molecule has 2 saturated carbocycles. The summed E-state index contributed by atoms with van der Waals surface area (Å²) in [4.78, 5) is 0. The van der Waals surface area contributed by atoms with Gasteiger partial charge in [-0.05, 0) is 123 Å². The molecular weight excluding hydrogens is 540 g/mol. The minimum absolute atomic E-state index is 0.0136. The van der Waals surface area contributed by atoms with Crippen molar-refractivity contribution in [1.29, 1.82) is 0 Å². The Kier molecular flexibility index (Phi) is 7.67. The number of hydrogen-bond donors (Lipinski definition) is 1. The van der Waals surface area contributed by atoms with E-state index in [4.69, 9.17) is 9.47 Å². The molecule has 4 aliphatic rings. The number of hydrogen-bond acceptors (Lipinski definition) is 3. The van der Waals surface area contributed by atoms with Gasteiger partial charge in [0.15, 0.2) is 0 Å². The van der Waals surface area contributed by atoms with Crippen molar-refractivity contribution in [2.45, 2.75) is 143 Å². The molecule has 0 radical (unpaired) electrons. The molecule has 0 saturated heterocycles. The van der Waals surface area contributed by atoms with Crippen molar-refractivity contribution in [1.82, 2.24) is 0 Å².